The molecule has 0 aliphatic carbocycles. The van der Waals surface area contributed by atoms with E-state index in [9.17, 15) is 4.79 Å². The Morgan fingerprint density at radius 1 is 1.06 bits per heavy atom. The monoisotopic (exact) mass is 455 g/mol. The van der Waals surface area contributed by atoms with Gasteiger partial charge in [0.1, 0.15) is 17.1 Å². The van der Waals surface area contributed by atoms with Crippen LogP contribution in [-0.2, 0) is 4.79 Å². The van der Waals surface area contributed by atoms with E-state index in [1.807, 2.05) is 32.9 Å². The highest BCUT2D eigenvalue weighted by Gasteiger charge is 2.19. The number of hydrogen-bond acceptors (Lipinski definition) is 4. The van der Waals surface area contributed by atoms with Crippen molar-refractivity contribution < 1.29 is 18.7 Å². The fourth-order valence-electron chi connectivity index (χ4n) is 4.02. The topological polar surface area (TPSA) is 60.7 Å². The van der Waals surface area contributed by atoms with Crippen LogP contribution in [0.1, 0.15) is 30.5 Å². The molecule has 0 radical (unpaired) electrons. The van der Waals surface area contributed by atoms with Crippen LogP contribution in [0.2, 0.25) is 0 Å². The van der Waals surface area contributed by atoms with Gasteiger partial charge < -0.3 is 19.2 Å². The Balaban J connectivity index is 1.74. The number of aryl methyl sites for hydroxylation is 2. The van der Waals surface area contributed by atoms with Crippen molar-refractivity contribution in [1.82, 2.24) is 0 Å². The fraction of sp³-hybridized carbons (Fsp3) is 0.207. The molecule has 0 unspecified atom stereocenters. The number of anilines is 1. The van der Waals surface area contributed by atoms with Crippen LogP contribution in [0.3, 0.4) is 0 Å². The first kappa shape index (κ1) is 23.2. The Labute approximate surface area is 200 Å². The molecule has 0 fully saturated rings. The number of hydrogen-bond donors (Lipinski definition) is 1. The van der Waals surface area contributed by atoms with Gasteiger partial charge in [-0.2, -0.15) is 0 Å². The Bertz CT molecular complexity index is 1350. The molecule has 0 bridgehead atoms. The number of rotatable bonds is 7. The van der Waals surface area contributed by atoms with Gasteiger partial charge in [-0.05, 0) is 69.2 Å². The summed E-state index contributed by atoms with van der Waals surface area (Å²) in [6.45, 7) is 8.43. The minimum Gasteiger partial charge on any atom is -0.497 e. The van der Waals surface area contributed by atoms with Gasteiger partial charge in [0.2, 0.25) is 5.91 Å². The highest BCUT2D eigenvalue weighted by atomic mass is 16.5. The average Bonchev–Trinajstić information content (AvgIpc) is 3.26. The first-order valence-corrected chi connectivity index (χ1v) is 11.3. The number of allylic oxidation sites excluding steroid dienone is 1. The lowest BCUT2D eigenvalue weighted by Gasteiger charge is -2.15. The molecule has 174 valence electrons. The summed E-state index contributed by atoms with van der Waals surface area (Å²) in [6, 6.07) is 17.6. The smallest absolute Gasteiger partial charge is 0.248 e. The summed E-state index contributed by atoms with van der Waals surface area (Å²) in [5, 5.41) is 3.89. The molecule has 0 aliphatic heterocycles. The zero-order valence-corrected chi connectivity index (χ0v) is 20.2. The average molecular weight is 456 g/mol. The Hall–Kier alpha value is -3.99. The summed E-state index contributed by atoms with van der Waals surface area (Å²) in [4.78, 5) is 12.8. The molecule has 4 rings (SSSR count). The normalized spacial score (nSPS) is 11.5. The van der Waals surface area contributed by atoms with E-state index in [2.05, 4.69) is 42.6 Å². The summed E-state index contributed by atoms with van der Waals surface area (Å²) in [5.41, 5.74) is 7.36. The second-order valence-electron chi connectivity index (χ2n) is 8.25. The van der Waals surface area contributed by atoms with E-state index in [1.54, 1.807) is 31.6 Å². The quantitative estimate of drug-likeness (QED) is 0.300. The van der Waals surface area contributed by atoms with E-state index in [0.717, 1.165) is 50.3 Å². The van der Waals surface area contributed by atoms with E-state index in [4.69, 9.17) is 13.9 Å². The fourth-order valence-corrected chi connectivity index (χ4v) is 4.02. The molecule has 34 heavy (non-hydrogen) atoms. The second-order valence-corrected chi connectivity index (χ2v) is 8.25. The van der Waals surface area contributed by atoms with Crippen LogP contribution in [0.5, 0.6) is 11.5 Å². The summed E-state index contributed by atoms with van der Waals surface area (Å²) in [5.74, 6) is 1.25. The van der Waals surface area contributed by atoms with Crippen molar-refractivity contribution >= 4 is 28.1 Å². The van der Waals surface area contributed by atoms with Gasteiger partial charge >= 0.3 is 0 Å². The molecule has 1 aromatic heterocycles. The number of benzene rings is 3. The molecular weight excluding hydrogens is 426 g/mol. The van der Waals surface area contributed by atoms with Crippen LogP contribution in [0.15, 0.2) is 71.4 Å². The minimum absolute atomic E-state index is 0.214. The molecular formula is C29H29NO4. The first-order chi connectivity index (χ1) is 16.4. The number of amides is 1. The van der Waals surface area contributed by atoms with Crippen molar-refractivity contribution in [2.45, 2.75) is 27.7 Å². The third-order valence-corrected chi connectivity index (χ3v) is 5.83. The molecule has 0 atom stereocenters. The molecule has 4 aromatic rings. The van der Waals surface area contributed by atoms with Crippen LogP contribution >= 0.6 is 0 Å². The van der Waals surface area contributed by atoms with E-state index in [0.29, 0.717) is 12.3 Å². The Kier molecular flexibility index (Phi) is 6.73. The molecule has 0 aliphatic rings. The van der Waals surface area contributed by atoms with E-state index < -0.39 is 0 Å². The van der Waals surface area contributed by atoms with Gasteiger partial charge in [-0.3, -0.25) is 4.79 Å². The van der Waals surface area contributed by atoms with E-state index >= 15 is 0 Å². The molecule has 5 nitrogen and oxygen atoms in total. The van der Waals surface area contributed by atoms with Gasteiger partial charge in [-0.25, -0.2) is 0 Å². The van der Waals surface area contributed by atoms with Gasteiger partial charge in [-0.15, -0.1) is 0 Å². The van der Waals surface area contributed by atoms with Crippen molar-refractivity contribution in [3.63, 3.8) is 0 Å². The van der Waals surface area contributed by atoms with Gasteiger partial charge in [0, 0.05) is 33.8 Å². The van der Waals surface area contributed by atoms with Crippen molar-refractivity contribution in [3.05, 3.63) is 83.6 Å². The van der Waals surface area contributed by atoms with Crippen LogP contribution in [0.25, 0.3) is 27.7 Å². The summed E-state index contributed by atoms with van der Waals surface area (Å²) >= 11 is 0. The van der Waals surface area contributed by atoms with Crippen molar-refractivity contribution in [2.24, 2.45) is 0 Å². The number of furan rings is 1. The molecule has 5 heteroatoms. The largest absolute Gasteiger partial charge is 0.497 e. The number of carbonyl (C=O) groups excluding carboxylic acids is 1. The van der Waals surface area contributed by atoms with Gasteiger partial charge in [0.25, 0.3) is 0 Å². The maximum Gasteiger partial charge on any atom is 0.248 e. The predicted octanol–water partition coefficient (Wildman–Crippen LogP) is 7.17. The maximum atomic E-state index is 12.8. The van der Waals surface area contributed by atoms with Gasteiger partial charge in [-0.1, -0.05) is 29.8 Å². The SMILES string of the molecule is CCOc1c(/C(C)=C/C(=O)Nc2ccc(OC)cc2)cc2c(-c3ccc(C)cc3)coc2c1C. The van der Waals surface area contributed by atoms with Crippen molar-refractivity contribution in [3.8, 4) is 22.6 Å². The van der Waals surface area contributed by atoms with Crippen LogP contribution in [0.4, 0.5) is 5.69 Å². The standard InChI is InChI=1S/C29H29NO4/c1-6-33-28-20(4)29-25(26(17-34-29)21-9-7-18(2)8-10-21)16-24(28)19(3)15-27(31)30-22-11-13-23(32-5)14-12-22/h7-17H,6H2,1-5H3,(H,30,31)/b19-15+. The number of fused-ring (bicyclic) bond motifs is 1. The van der Waals surface area contributed by atoms with Crippen LogP contribution < -0.4 is 14.8 Å². The van der Waals surface area contributed by atoms with Gasteiger partial charge in [0.05, 0.1) is 20.0 Å². The van der Waals surface area contributed by atoms with Crippen LogP contribution in [0, 0.1) is 13.8 Å². The number of nitrogens with one attached hydrogen (secondary N) is 1. The molecule has 1 N–H and O–H groups in total. The molecule has 3 aromatic carbocycles. The lowest BCUT2D eigenvalue weighted by Crippen LogP contribution is -2.09. The minimum atomic E-state index is -0.214. The highest BCUT2D eigenvalue weighted by molar-refractivity contribution is 6.06. The Morgan fingerprint density at radius 2 is 1.76 bits per heavy atom. The number of ether oxygens (including phenoxy) is 2. The first-order valence-electron chi connectivity index (χ1n) is 11.3. The lowest BCUT2D eigenvalue weighted by atomic mass is 9.96. The number of carbonyl (C=O) groups is 1. The maximum absolute atomic E-state index is 12.8. The Morgan fingerprint density at radius 3 is 2.41 bits per heavy atom. The van der Waals surface area contributed by atoms with E-state index in [1.165, 1.54) is 5.56 Å². The summed E-state index contributed by atoms with van der Waals surface area (Å²) < 4.78 is 17.2. The van der Waals surface area contributed by atoms with Crippen molar-refractivity contribution in [1.29, 1.82) is 0 Å². The van der Waals surface area contributed by atoms with Crippen molar-refractivity contribution in [2.75, 3.05) is 19.0 Å². The zero-order valence-electron chi connectivity index (χ0n) is 20.2. The third kappa shape index (κ3) is 4.69. The number of methoxy groups -OCH3 is 1. The highest BCUT2D eigenvalue weighted by Crippen LogP contribution is 2.40. The van der Waals surface area contributed by atoms with Crippen LogP contribution in [-0.4, -0.2) is 19.6 Å². The summed E-state index contributed by atoms with van der Waals surface area (Å²) in [6.07, 6.45) is 3.39. The zero-order chi connectivity index (χ0) is 24.2. The van der Waals surface area contributed by atoms with Gasteiger partial charge in [0.15, 0.2) is 0 Å². The summed E-state index contributed by atoms with van der Waals surface area (Å²) in [7, 11) is 1.61. The lowest BCUT2D eigenvalue weighted by molar-refractivity contribution is -0.111. The second kappa shape index (κ2) is 9.87. The molecule has 1 amide bonds. The third-order valence-electron chi connectivity index (χ3n) is 5.83. The predicted molar refractivity (Wildman–Crippen MR) is 138 cm³/mol. The molecule has 0 spiro atoms. The molecule has 0 saturated carbocycles. The molecule has 0 saturated heterocycles. The molecule has 1 heterocycles. The van der Waals surface area contributed by atoms with E-state index in [-0.39, 0.29) is 5.91 Å².